The quantitative estimate of drug-likeness (QED) is 0.361. The standard InChI is InChI=1S/C5H10ClNO2/c1-3-7(9)5(8)4(2)6/h4,9H,3H2,1-2H3. The summed E-state index contributed by atoms with van der Waals surface area (Å²) < 4.78 is 0. The number of alkyl halides is 1. The van der Waals surface area contributed by atoms with E-state index in [9.17, 15) is 4.79 Å². The number of carbonyl (C=O) groups is 1. The molecule has 0 fully saturated rings. The SMILES string of the molecule is CCN(O)C(=O)C(C)Cl. The van der Waals surface area contributed by atoms with Crippen molar-refractivity contribution in [1.82, 2.24) is 5.06 Å². The minimum atomic E-state index is -0.644. The van der Waals surface area contributed by atoms with Crippen molar-refractivity contribution < 1.29 is 10.0 Å². The van der Waals surface area contributed by atoms with Crippen molar-refractivity contribution in [1.29, 1.82) is 0 Å². The molecule has 0 aliphatic carbocycles. The number of amides is 1. The fraction of sp³-hybridized carbons (Fsp3) is 0.800. The molecule has 0 bridgehead atoms. The third kappa shape index (κ3) is 2.67. The molecule has 0 saturated heterocycles. The van der Waals surface area contributed by atoms with Gasteiger partial charge in [0.05, 0.1) is 0 Å². The number of hydroxylamine groups is 2. The molecule has 0 spiro atoms. The van der Waals surface area contributed by atoms with Gasteiger partial charge in [-0.2, -0.15) is 0 Å². The Labute approximate surface area is 59.2 Å². The van der Waals surface area contributed by atoms with Crippen molar-refractivity contribution in [2.24, 2.45) is 0 Å². The van der Waals surface area contributed by atoms with Gasteiger partial charge in [0, 0.05) is 6.54 Å². The van der Waals surface area contributed by atoms with Crippen molar-refractivity contribution in [3.63, 3.8) is 0 Å². The number of rotatable bonds is 2. The molecule has 0 aromatic rings. The molecule has 0 rings (SSSR count). The van der Waals surface area contributed by atoms with Gasteiger partial charge in [-0.3, -0.25) is 10.0 Å². The Balaban J connectivity index is 3.73. The molecule has 1 unspecified atom stereocenters. The third-order valence-electron chi connectivity index (χ3n) is 0.894. The van der Waals surface area contributed by atoms with Gasteiger partial charge in [0.2, 0.25) is 0 Å². The predicted molar refractivity (Wildman–Crippen MR) is 34.5 cm³/mol. The highest BCUT2D eigenvalue weighted by molar-refractivity contribution is 6.30. The third-order valence-corrected chi connectivity index (χ3v) is 1.08. The van der Waals surface area contributed by atoms with Crippen LogP contribution in [0.1, 0.15) is 13.8 Å². The Morgan fingerprint density at radius 1 is 1.89 bits per heavy atom. The summed E-state index contributed by atoms with van der Waals surface area (Å²) in [7, 11) is 0. The molecule has 0 radical (unpaired) electrons. The molecule has 1 atom stereocenters. The van der Waals surface area contributed by atoms with Crippen molar-refractivity contribution in [3.8, 4) is 0 Å². The summed E-state index contributed by atoms with van der Waals surface area (Å²) in [6, 6.07) is 0. The summed E-state index contributed by atoms with van der Waals surface area (Å²) in [5.41, 5.74) is 0. The largest absolute Gasteiger partial charge is 0.286 e. The van der Waals surface area contributed by atoms with Gasteiger partial charge in [0.25, 0.3) is 5.91 Å². The average Bonchev–Trinajstić information content (AvgIpc) is 1.84. The molecule has 0 aromatic carbocycles. The number of hydrogen-bond donors (Lipinski definition) is 1. The zero-order chi connectivity index (χ0) is 7.44. The lowest BCUT2D eigenvalue weighted by Gasteiger charge is -2.12. The first-order chi connectivity index (χ1) is 4.09. The minimum absolute atomic E-state index is 0.274. The maximum absolute atomic E-state index is 10.6. The van der Waals surface area contributed by atoms with E-state index in [2.05, 4.69) is 0 Å². The van der Waals surface area contributed by atoms with Crippen LogP contribution in [0.3, 0.4) is 0 Å². The van der Waals surface area contributed by atoms with Crippen molar-refractivity contribution in [2.75, 3.05) is 6.54 Å². The van der Waals surface area contributed by atoms with Crippen LogP contribution in [0.4, 0.5) is 0 Å². The molecule has 0 aliphatic heterocycles. The van der Waals surface area contributed by atoms with E-state index in [0.29, 0.717) is 5.06 Å². The lowest BCUT2D eigenvalue weighted by Crippen LogP contribution is -2.32. The second kappa shape index (κ2) is 3.69. The van der Waals surface area contributed by atoms with E-state index >= 15 is 0 Å². The molecule has 0 aromatic heterocycles. The van der Waals surface area contributed by atoms with Gasteiger partial charge in [-0.1, -0.05) is 0 Å². The van der Waals surface area contributed by atoms with E-state index in [-0.39, 0.29) is 6.54 Å². The maximum atomic E-state index is 10.6. The first kappa shape index (κ1) is 8.72. The van der Waals surface area contributed by atoms with Crippen LogP contribution in [-0.2, 0) is 4.79 Å². The van der Waals surface area contributed by atoms with E-state index in [1.807, 2.05) is 0 Å². The Morgan fingerprint density at radius 2 is 2.33 bits per heavy atom. The molecule has 0 saturated carbocycles. The topological polar surface area (TPSA) is 40.5 Å². The van der Waals surface area contributed by atoms with Gasteiger partial charge >= 0.3 is 0 Å². The van der Waals surface area contributed by atoms with Crippen LogP contribution in [0.25, 0.3) is 0 Å². The smallest absolute Gasteiger partial charge is 0.263 e. The van der Waals surface area contributed by atoms with Crippen molar-refractivity contribution in [3.05, 3.63) is 0 Å². The van der Waals surface area contributed by atoms with Gasteiger partial charge in [-0.05, 0) is 13.8 Å². The van der Waals surface area contributed by atoms with E-state index < -0.39 is 11.3 Å². The fourth-order valence-electron chi connectivity index (χ4n) is 0.361. The number of carbonyl (C=O) groups excluding carboxylic acids is 1. The summed E-state index contributed by atoms with van der Waals surface area (Å²) in [5, 5.41) is 8.65. The Hall–Kier alpha value is -0.280. The van der Waals surface area contributed by atoms with Crippen LogP contribution in [0.15, 0.2) is 0 Å². The molecular weight excluding hydrogens is 142 g/mol. The van der Waals surface area contributed by atoms with Crippen molar-refractivity contribution in [2.45, 2.75) is 19.2 Å². The van der Waals surface area contributed by atoms with E-state index in [4.69, 9.17) is 16.8 Å². The van der Waals surface area contributed by atoms with Crippen LogP contribution in [0.5, 0.6) is 0 Å². The molecular formula is C5H10ClNO2. The first-order valence-electron chi connectivity index (χ1n) is 2.74. The number of hydrogen-bond acceptors (Lipinski definition) is 2. The monoisotopic (exact) mass is 151 g/mol. The highest BCUT2D eigenvalue weighted by atomic mass is 35.5. The lowest BCUT2D eigenvalue weighted by molar-refractivity contribution is -0.163. The summed E-state index contributed by atoms with van der Waals surface area (Å²) in [5.74, 6) is -0.459. The fourth-order valence-corrected chi connectivity index (χ4v) is 0.474. The summed E-state index contributed by atoms with van der Waals surface area (Å²) in [4.78, 5) is 10.6. The number of halogens is 1. The number of nitrogens with zero attached hydrogens (tertiary/aromatic N) is 1. The van der Waals surface area contributed by atoms with Gasteiger partial charge in [-0.25, -0.2) is 5.06 Å². The second-order valence-electron chi connectivity index (χ2n) is 1.67. The van der Waals surface area contributed by atoms with Crippen LogP contribution >= 0.6 is 11.6 Å². The van der Waals surface area contributed by atoms with Gasteiger partial charge in [0.1, 0.15) is 5.38 Å². The van der Waals surface area contributed by atoms with E-state index in [1.54, 1.807) is 6.92 Å². The predicted octanol–water partition coefficient (Wildman–Crippen LogP) is 0.851. The van der Waals surface area contributed by atoms with Crippen LogP contribution in [-0.4, -0.2) is 28.1 Å². The summed E-state index contributed by atoms with van der Waals surface area (Å²) in [6.45, 7) is 3.45. The highest BCUT2D eigenvalue weighted by Crippen LogP contribution is 1.97. The van der Waals surface area contributed by atoms with Gasteiger partial charge < -0.3 is 0 Å². The Kier molecular flexibility index (Phi) is 3.58. The second-order valence-corrected chi connectivity index (χ2v) is 2.32. The summed E-state index contributed by atoms with van der Waals surface area (Å²) >= 11 is 5.35. The molecule has 1 N–H and O–H groups in total. The molecule has 4 heteroatoms. The molecule has 54 valence electrons. The molecule has 0 heterocycles. The van der Waals surface area contributed by atoms with Gasteiger partial charge in [-0.15, -0.1) is 11.6 Å². The molecule has 3 nitrogen and oxygen atoms in total. The Bertz CT molecular complexity index is 105. The maximum Gasteiger partial charge on any atom is 0.263 e. The zero-order valence-corrected chi connectivity index (χ0v) is 6.22. The van der Waals surface area contributed by atoms with Gasteiger partial charge in [0.15, 0.2) is 0 Å². The Morgan fingerprint density at radius 3 is 2.44 bits per heavy atom. The molecule has 0 aliphatic rings. The van der Waals surface area contributed by atoms with Crippen molar-refractivity contribution >= 4 is 17.5 Å². The minimum Gasteiger partial charge on any atom is -0.286 e. The normalized spacial score (nSPS) is 12.9. The van der Waals surface area contributed by atoms with Crippen LogP contribution < -0.4 is 0 Å². The van der Waals surface area contributed by atoms with E-state index in [1.165, 1.54) is 6.92 Å². The van der Waals surface area contributed by atoms with Crippen LogP contribution in [0, 0.1) is 0 Å². The lowest BCUT2D eigenvalue weighted by atomic mass is 10.4. The summed E-state index contributed by atoms with van der Waals surface area (Å²) in [6.07, 6.45) is 0. The zero-order valence-electron chi connectivity index (χ0n) is 5.47. The molecule has 1 amide bonds. The average molecular weight is 152 g/mol. The molecule has 9 heavy (non-hydrogen) atoms. The van der Waals surface area contributed by atoms with Crippen LogP contribution in [0.2, 0.25) is 0 Å². The van der Waals surface area contributed by atoms with E-state index in [0.717, 1.165) is 0 Å². The highest BCUT2D eigenvalue weighted by Gasteiger charge is 2.13. The first-order valence-corrected chi connectivity index (χ1v) is 3.17.